The highest BCUT2D eigenvalue weighted by Gasteiger charge is 2.33. The zero-order valence-electron chi connectivity index (χ0n) is 18.4. The van der Waals surface area contributed by atoms with Crippen molar-refractivity contribution in [3.05, 3.63) is 82.6 Å². The SMILES string of the molecule is O=C(c1cccnc1Cl)N1CCCN(C2=Nc3ccc(C(F)(F)F)cc3Oc3ccccc32)CC1. The van der Waals surface area contributed by atoms with E-state index in [2.05, 4.69) is 4.98 Å². The summed E-state index contributed by atoms with van der Waals surface area (Å²) >= 11 is 6.12. The third-order valence-electron chi connectivity index (χ3n) is 5.93. The minimum Gasteiger partial charge on any atom is -0.454 e. The van der Waals surface area contributed by atoms with E-state index >= 15 is 0 Å². The van der Waals surface area contributed by atoms with Crippen LogP contribution in [0.1, 0.15) is 27.9 Å². The van der Waals surface area contributed by atoms with Crippen molar-refractivity contribution in [2.24, 2.45) is 4.99 Å². The molecule has 10 heteroatoms. The van der Waals surface area contributed by atoms with Crippen molar-refractivity contribution in [3.8, 4) is 11.5 Å². The molecule has 3 heterocycles. The topological polar surface area (TPSA) is 58.0 Å². The highest BCUT2D eigenvalue weighted by atomic mass is 35.5. The van der Waals surface area contributed by atoms with E-state index in [1.54, 1.807) is 29.2 Å². The molecule has 1 saturated heterocycles. The summed E-state index contributed by atoms with van der Waals surface area (Å²) < 4.78 is 45.7. The molecule has 0 saturated carbocycles. The van der Waals surface area contributed by atoms with Crippen LogP contribution < -0.4 is 4.74 Å². The summed E-state index contributed by atoms with van der Waals surface area (Å²) in [6, 6.07) is 13.7. The van der Waals surface area contributed by atoms with Crippen LogP contribution in [0, 0.1) is 0 Å². The van der Waals surface area contributed by atoms with Gasteiger partial charge in [-0.1, -0.05) is 23.7 Å². The quantitative estimate of drug-likeness (QED) is 0.397. The predicted octanol–water partition coefficient (Wildman–Crippen LogP) is 5.79. The number of carbonyl (C=O) groups excluding carboxylic acids is 1. The van der Waals surface area contributed by atoms with Gasteiger partial charge >= 0.3 is 6.18 Å². The summed E-state index contributed by atoms with van der Waals surface area (Å²) in [4.78, 5) is 25.5. The van der Waals surface area contributed by atoms with Gasteiger partial charge in [0.2, 0.25) is 0 Å². The average Bonchev–Trinajstić information content (AvgIpc) is 3.18. The van der Waals surface area contributed by atoms with Crippen molar-refractivity contribution in [1.82, 2.24) is 14.8 Å². The second-order valence-electron chi connectivity index (χ2n) is 8.19. The van der Waals surface area contributed by atoms with Gasteiger partial charge in [0.15, 0.2) is 5.75 Å². The number of alkyl halides is 3. The molecule has 1 fully saturated rings. The molecule has 2 aromatic carbocycles. The zero-order valence-corrected chi connectivity index (χ0v) is 19.2. The number of para-hydroxylation sites is 1. The van der Waals surface area contributed by atoms with Crippen LogP contribution in [0.4, 0.5) is 18.9 Å². The predicted molar refractivity (Wildman–Crippen MR) is 125 cm³/mol. The van der Waals surface area contributed by atoms with Gasteiger partial charge in [0.05, 0.1) is 16.7 Å². The number of pyridine rings is 1. The molecule has 0 atom stereocenters. The lowest BCUT2D eigenvalue weighted by atomic mass is 10.1. The molecule has 5 rings (SSSR count). The first kappa shape index (κ1) is 23.2. The van der Waals surface area contributed by atoms with Crippen LogP contribution in [0.2, 0.25) is 5.15 Å². The summed E-state index contributed by atoms with van der Waals surface area (Å²) in [6.45, 7) is 2.03. The average molecular weight is 501 g/mol. The van der Waals surface area contributed by atoms with Gasteiger partial charge in [-0.05, 0) is 48.9 Å². The number of hydrogen-bond acceptors (Lipinski definition) is 5. The summed E-state index contributed by atoms with van der Waals surface area (Å²) in [5.41, 5.74) is 0.531. The lowest BCUT2D eigenvalue weighted by Gasteiger charge is -2.25. The minimum absolute atomic E-state index is 0.0418. The van der Waals surface area contributed by atoms with E-state index in [9.17, 15) is 18.0 Å². The largest absolute Gasteiger partial charge is 0.454 e. The van der Waals surface area contributed by atoms with Crippen LogP contribution in [-0.4, -0.2) is 52.7 Å². The van der Waals surface area contributed by atoms with Crippen LogP contribution in [0.3, 0.4) is 0 Å². The fourth-order valence-corrected chi connectivity index (χ4v) is 4.39. The molecular formula is C25H20ClF3N4O2. The maximum atomic E-state index is 13.3. The second-order valence-corrected chi connectivity index (χ2v) is 8.55. The van der Waals surface area contributed by atoms with Gasteiger partial charge in [-0.25, -0.2) is 9.98 Å². The smallest absolute Gasteiger partial charge is 0.416 e. The van der Waals surface area contributed by atoms with E-state index in [0.717, 1.165) is 12.1 Å². The Balaban J connectivity index is 1.46. The molecule has 0 N–H and O–H groups in total. The molecule has 0 bridgehead atoms. The van der Waals surface area contributed by atoms with Crippen LogP contribution in [0.25, 0.3) is 0 Å². The van der Waals surface area contributed by atoms with Crippen molar-refractivity contribution in [2.45, 2.75) is 12.6 Å². The number of benzene rings is 2. The van der Waals surface area contributed by atoms with E-state index in [0.29, 0.717) is 61.0 Å². The van der Waals surface area contributed by atoms with Crippen LogP contribution >= 0.6 is 11.6 Å². The molecular weight excluding hydrogens is 481 g/mol. The molecule has 1 aromatic heterocycles. The van der Waals surface area contributed by atoms with E-state index < -0.39 is 11.7 Å². The monoisotopic (exact) mass is 500 g/mol. The van der Waals surface area contributed by atoms with Crippen molar-refractivity contribution in [1.29, 1.82) is 0 Å². The summed E-state index contributed by atoms with van der Waals surface area (Å²) in [5.74, 6) is 0.859. The second kappa shape index (κ2) is 9.22. The summed E-state index contributed by atoms with van der Waals surface area (Å²) in [7, 11) is 0. The number of aromatic nitrogens is 1. The van der Waals surface area contributed by atoms with Crippen molar-refractivity contribution in [3.63, 3.8) is 0 Å². The van der Waals surface area contributed by atoms with E-state index in [4.69, 9.17) is 21.3 Å². The Bertz CT molecular complexity index is 1310. The van der Waals surface area contributed by atoms with Gasteiger partial charge in [-0.3, -0.25) is 4.79 Å². The first-order valence-electron chi connectivity index (χ1n) is 11.0. The highest BCUT2D eigenvalue weighted by Crippen LogP contribution is 2.41. The Morgan fingerprint density at radius 3 is 2.60 bits per heavy atom. The molecule has 3 aromatic rings. The summed E-state index contributed by atoms with van der Waals surface area (Å²) in [6.07, 6.45) is -2.29. The lowest BCUT2D eigenvalue weighted by molar-refractivity contribution is -0.137. The van der Waals surface area contributed by atoms with Gasteiger partial charge in [-0.2, -0.15) is 13.2 Å². The van der Waals surface area contributed by atoms with E-state index in [-0.39, 0.29) is 16.8 Å². The van der Waals surface area contributed by atoms with E-state index in [1.165, 1.54) is 12.3 Å². The number of ether oxygens (including phenoxy) is 1. The minimum atomic E-state index is -4.49. The Hall–Kier alpha value is -3.59. The van der Waals surface area contributed by atoms with Gasteiger partial charge in [0.25, 0.3) is 5.91 Å². The van der Waals surface area contributed by atoms with E-state index in [1.807, 2.05) is 17.0 Å². The van der Waals surface area contributed by atoms with Crippen molar-refractivity contribution in [2.75, 3.05) is 26.2 Å². The number of fused-ring (bicyclic) bond motifs is 2. The fourth-order valence-electron chi connectivity index (χ4n) is 4.19. The first-order valence-corrected chi connectivity index (χ1v) is 11.4. The molecule has 180 valence electrons. The highest BCUT2D eigenvalue weighted by molar-refractivity contribution is 6.32. The lowest BCUT2D eigenvalue weighted by Crippen LogP contribution is -2.37. The maximum Gasteiger partial charge on any atom is 0.416 e. The van der Waals surface area contributed by atoms with Gasteiger partial charge in [0, 0.05) is 32.4 Å². The molecule has 35 heavy (non-hydrogen) atoms. The number of amidine groups is 1. The molecule has 2 aliphatic heterocycles. The third kappa shape index (κ3) is 4.68. The maximum absolute atomic E-state index is 13.3. The number of amides is 1. The molecule has 0 aliphatic carbocycles. The fraction of sp³-hybridized carbons (Fsp3) is 0.240. The number of aliphatic imine (C=N–C) groups is 1. The van der Waals surface area contributed by atoms with Crippen molar-refractivity contribution < 1.29 is 22.7 Å². The normalized spacial score (nSPS) is 15.8. The van der Waals surface area contributed by atoms with Crippen molar-refractivity contribution >= 4 is 29.0 Å². The molecule has 6 nitrogen and oxygen atoms in total. The van der Waals surface area contributed by atoms with Gasteiger partial charge in [-0.15, -0.1) is 0 Å². The molecule has 1 amide bonds. The summed E-state index contributed by atoms with van der Waals surface area (Å²) in [5, 5.41) is 0.160. The number of rotatable bonds is 1. The Morgan fingerprint density at radius 1 is 0.971 bits per heavy atom. The Labute approximate surface area is 204 Å². The van der Waals surface area contributed by atoms with Gasteiger partial charge in [0.1, 0.15) is 22.4 Å². The number of carbonyl (C=O) groups is 1. The number of nitrogens with zero attached hydrogens (tertiary/aromatic N) is 4. The molecule has 2 aliphatic rings. The zero-order chi connectivity index (χ0) is 24.6. The molecule has 0 spiro atoms. The van der Waals surface area contributed by atoms with Crippen LogP contribution in [0.15, 0.2) is 65.8 Å². The Kier molecular flexibility index (Phi) is 6.10. The first-order chi connectivity index (χ1) is 16.8. The number of hydrogen-bond donors (Lipinski definition) is 0. The number of halogens is 4. The van der Waals surface area contributed by atoms with Crippen LogP contribution in [-0.2, 0) is 6.18 Å². The third-order valence-corrected chi connectivity index (χ3v) is 6.23. The Morgan fingerprint density at radius 2 is 1.80 bits per heavy atom. The van der Waals surface area contributed by atoms with Crippen LogP contribution in [0.5, 0.6) is 11.5 Å². The van der Waals surface area contributed by atoms with Gasteiger partial charge < -0.3 is 14.5 Å². The molecule has 0 radical (unpaired) electrons. The molecule has 0 unspecified atom stereocenters. The standard InChI is InChI=1S/C25H20ClF3N4O2/c26-22-18(6-3-10-30-22)24(34)33-12-4-11-32(13-14-33)23-17-5-1-2-7-20(17)35-21-15-16(25(27,28)29)8-9-19(21)31-23/h1-3,5-10,15H,4,11-14H2.